The molecule has 0 saturated carbocycles. The molecule has 1 rings (SSSR count). The highest BCUT2D eigenvalue weighted by Crippen LogP contribution is 2.10. The molecule has 0 fully saturated rings. The van der Waals surface area contributed by atoms with E-state index in [1.807, 2.05) is 30.3 Å². The fourth-order valence-corrected chi connectivity index (χ4v) is 0.915. The second kappa shape index (κ2) is 4.83. The number of halogens is 1. The first kappa shape index (κ1) is 9.14. The number of nitrogens with zero attached hydrogens (tertiary/aromatic N) is 1. The van der Waals surface area contributed by atoms with Crippen LogP contribution in [0.2, 0.25) is 5.02 Å². The van der Waals surface area contributed by atoms with Crippen LogP contribution in [0.3, 0.4) is 0 Å². The van der Waals surface area contributed by atoms with E-state index in [9.17, 15) is 0 Å². The molecule has 0 heterocycles. The Labute approximate surface area is 81.4 Å². The molecule has 0 bridgehead atoms. The maximum atomic E-state index is 5.70. The maximum absolute atomic E-state index is 5.70. The first-order valence-electron chi connectivity index (χ1n) is 3.32. The van der Waals surface area contributed by atoms with E-state index in [-0.39, 0.29) is 0 Å². The topological polar surface area (TPSA) is 12.4 Å². The average Bonchev–Trinajstić information content (AvgIpc) is 2.09. The molecule has 12 heavy (non-hydrogen) atoms. The lowest BCUT2D eigenvalue weighted by Gasteiger charge is -1.90. The van der Waals surface area contributed by atoms with E-state index in [1.165, 1.54) is 0 Å². The van der Waals surface area contributed by atoms with Crippen molar-refractivity contribution in [3.8, 4) is 0 Å². The van der Waals surface area contributed by atoms with Gasteiger partial charge < -0.3 is 0 Å². The van der Waals surface area contributed by atoms with Gasteiger partial charge in [-0.05, 0) is 36.0 Å². The zero-order chi connectivity index (χ0) is 8.81. The van der Waals surface area contributed by atoms with Crippen LogP contribution in [-0.4, -0.2) is 5.16 Å². The Hall–Kier alpha value is -0.950. The fraction of sp³-hybridized carbons (Fsp3) is 0. The van der Waals surface area contributed by atoms with Crippen molar-refractivity contribution in [2.24, 2.45) is 4.99 Å². The third-order valence-corrected chi connectivity index (χ3v) is 1.62. The molecule has 0 aliphatic heterocycles. The summed E-state index contributed by atoms with van der Waals surface area (Å²) in [6, 6.07) is 7.44. The summed E-state index contributed by atoms with van der Waals surface area (Å²) in [4.78, 5) is 3.64. The zero-order valence-electron chi connectivity index (χ0n) is 6.20. The summed E-state index contributed by atoms with van der Waals surface area (Å²) in [6.07, 6.45) is 3.42. The lowest BCUT2D eigenvalue weighted by molar-refractivity contribution is 1.60. The van der Waals surface area contributed by atoms with Gasteiger partial charge in [0.15, 0.2) is 0 Å². The van der Waals surface area contributed by atoms with Crippen LogP contribution in [0, 0.1) is 0 Å². The van der Waals surface area contributed by atoms with Crippen molar-refractivity contribution in [3.05, 3.63) is 41.1 Å². The number of isothiocyanates is 1. The maximum Gasteiger partial charge on any atom is 0.0634 e. The van der Waals surface area contributed by atoms with Gasteiger partial charge in [-0.1, -0.05) is 23.7 Å². The van der Waals surface area contributed by atoms with Crippen molar-refractivity contribution in [1.29, 1.82) is 0 Å². The number of thiocarbonyl (C=S) groups is 1. The average molecular weight is 196 g/mol. The van der Waals surface area contributed by atoms with Gasteiger partial charge in [0.1, 0.15) is 0 Å². The van der Waals surface area contributed by atoms with Gasteiger partial charge in [-0.2, -0.15) is 0 Å². The van der Waals surface area contributed by atoms with Crippen molar-refractivity contribution >= 4 is 35.1 Å². The van der Waals surface area contributed by atoms with E-state index in [1.54, 1.807) is 6.20 Å². The normalized spacial score (nSPS) is 9.75. The molecule has 0 amide bonds. The Morgan fingerprint density at radius 3 is 2.58 bits per heavy atom. The minimum absolute atomic E-state index is 0.727. The van der Waals surface area contributed by atoms with Gasteiger partial charge in [-0.25, -0.2) is 4.99 Å². The molecule has 0 aromatic heterocycles. The van der Waals surface area contributed by atoms with Crippen molar-refractivity contribution < 1.29 is 0 Å². The highest BCUT2D eigenvalue weighted by atomic mass is 35.5. The monoisotopic (exact) mass is 195 g/mol. The molecular weight excluding hydrogens is 190 g/mol. The van der Waals surface area contributed by atoms with Gasteiger partial charge in [0.05, 0.1) is 5.16 Å². The lowest BCUT2D eigenvalue weighted by Crippen LogP contribution is -1.68. The molecular formula is C9H6ClNS. The predicted octanol–water partition coefficient (Wildman–Crippen LogP) is 3.41. The van der Waals surface area contributed by atoms with E-state index >= 15 is 0 Å². The van der Waals surface area contributed by atoms with Gasteiger partial charge in [-0.15, -0.1) is 0 Å². The van der Waals surface area contributed by atoms with Crippen molar-refractivity contribution in [1.82, 2.24) is 0 Å². The van der Waals surface area contributed by atoms with E-state index in [4.69, 9.17) is 11.6 Å². The highest BCUT2D eigenvalue weighted by Gasteiger charge is 1.85. The van der Waals surface area contributed by atoms with Gasteiger partial charge >= 0.3 is 0 Å². The van der Waals surface area contributed by atoms with Gasteiger partial charge in [0.25, 0.3) is 0 Å². The first-order valence-corrected chi connectivity index (χ1v) is 4.10. The van der Waals surface area contributed by atoms with Crippen molar-refractivity contribution in [3.63, 3.8) is 0 Å². The fourth-order valence-electron chi connectivity index (χ4n) is 0.728. The third kappa shape index (κ3) is 2.97. The van der Waals surface area contributed by atoms with Crippen LogP contribution in [0.1, 0.15) is 5.56 Å². The molecule has 0 unspecified atom stereocenters. The Kier molecular flexibility index (Phi) is 3.68. The number of hydrogen-bond acceptors (Lipinski definition) is 2. The Balaban J connectivity index is 2.77. The van der Waals surface area contributed by atoms with Crippen LogP contribution in [0.4, 0.5) is 0 Å². The highest BCUT2D eigenvalue weighted by molar-refractivity contribution is 7.78. The van der Waals surface area contributed by atoms with Gasteiger partial charge in [-0.3, -0.25) is 0 Å². The molecule has 60 valence electrons. The standard InChI is InChI=1S/C9H6ClNS/c10-9-3-1-8(2-4-9)5-6-11-7-12/h1-6H. The molecule has 0 spiro atoms. The predicted molar refractivity (Wildman–Crippen MR) is 55.5 cm³/mol. The van der Waals surface area contributed by atoms with Gasteiger partial charge in [0.2, 0.25) is 0 Å². The van der Waals surface area contributed by atoms with E-state index in [0.717, 1.165) is 10.6 Å². The van der Waals surface area contributed by atoms with Crippen LogP contribution in [-0.2, 0) is 0 Å². The number of rotatable bonds is 2. The van der Waals surface area contributed by atoms with E-state index < -0.39 is 0 Å². The smallest absolute Gasteiger partial charge is 0.0634 e. The number of benzene rings is 1. The van der Waals surface area contributed by atoms with Crippen molar-refractivity contribution in [2.75, 3.05) is 0 Å². The van der Waals surface area contributed by atoms with Crippen LogP contribution in [0.25, 0.3) is 6.08 Å². The molecule has 3 heteroatoms. The summed E-state index contributed by atoms with van der Waals surface area (Å²) >= 11 is 10.1. The van der Waals surface area contributed by atoms with E-state index in [0.29, 0.717) is 0 Å². The molecule has 0 atom stereocenters. The van der Waals surface area contributed by atoms with Crippen LogP contribution < -0.4 is 0 Å². The van der Waals surface area contributed by atoms with Crippen LogP contribution in [0.5, 0.6) is 0 Å². The molecule has 0 N–H and O–H groups in total. The summed E-state index contributed by atoms with van der Waals surface area (Å²) in [7, 11) is 0. The second-order valence-electron chi connectivity index (χ2n) is 2.09. The van der Waals surface area contributed by atoms with Gasteiger partial charge in [0, 0.05) is 11.2 Å². The largest absolute Gasteiger partial charge is 0.203 e. The molecule has 0 radical (unpaired) electrons. The van der Waals surface area contributed by atoms with E-state index in [2.05, 4.69) is 22.4 Å². The minimum atomic E-state index is 0.727. The second-order valence-corrected chi connectivity index (χ2v) is 2.71. The Bertz CT molecular complexity index is 323. The Morgan fingerprint density at radius 1 is 1.33 bits per heavy atom. The SMILES string of the molecule is S=C=NC=Cc1ccc(Cl)cc1. The third-order valence-electron chi connectivity index (χ3n) is 1.26. The molecule has 1 aromatic carbocycles. The number of hydrogen-bond donors (Lipinski definition) is 0. The summed E-state index contributed by atoms with van der Waals surface area (Å²) < 4.78 is 0. The molecule has 0 aliphatic rings. The summed E-state index contributed by atoms with van der Waals surface area (Å²) in [5, 5.41) is 2.97. The zero-order valence-corrected chi connectivity index (χ0v) is 7.77. The quantitative estimate of drug-likeness (QED) is 0.521. The van der Waals surface area contributed by atoms with Crippen LogP contribution in [0.15, 0.2) is 35.5 Å². The number of aliphatic imine (C=N–C) groups is 1. The molecule has 1 nitrogen and oxygen atoms in total. The lowest BCUT2D eigenvalue weighted by atomic mass is 10.2. The molecule has 0 aliphatic carbocycles. The van der Waals surface area contributed by atoms with Crippen LogP contribution >= 0.6 is 23.8 Å². The first-order chi connectivity index (χ1) is 5.83. The molecule has 1 aromatic rings. The summed E-state index contributed by atoms with van der Waals surface area (Å²) in [5.74, 6) is 0. The van der Waals surface area contributed by atoms with Crippen molar-refractivity contribution in [2.45, 2.75) is 0 Å². The summed E-state index contributed by atoms with van der Waals surface area (Å²) in [6.45, 7) is 0. The minimum Gasteiger partial charge on any atom is -0.203 e. The molecule has 0 saturated heterocycles. The Morgan fingerprint density at radius 2 is 2.00 bits per heavy atom. The summed E-state index contributed by atoms with van der Waals surface area (Å²) in [5.41, 5.74) is 1.04.